The highest BCUT2D eigenvalue weighted by molar-refractivity contribution is 6.46. The molecular weight excluding hydrogens is 414 g/mol. The van der Waals surface area contributed by atoms with Gasteiger partial charge in [-0.25, -0.2) is 0 Å². The minimum Gasteiger partial charge on any atom is -0.507 e. The monoisotopic (exact) mass is 449 g/mol. The zero-order valence-corrected chi connectivity index (χ0v) is 20.4. The molecule has 1 aliphatic rings. The fraction of sp³-hybridized carbons (Fsp3) is 0.429. The Balaban J connectivity index is 2.16. The van der Waals surface area contributed by atoms with E-state index in [9.17, 15) is 14.7 Å². The Morgan fingerprint density at radius 2 is 1.76 bits per heavy atom. The molecule has 0 aliphatic carbocycles. The predicted molar refractivity (Wildman–Crippen MR) is 131 cm³/mol. The molecule has 1 atom stereocenters. The van der Waals surface area contributed by atoms with Crippen LogP contribution < -0.4 is 4.74 Å². The Morgan fingerprint density at radius 3 is 2.33 bits per heavy atom. The molecule has 0 saturated carbocycles. The number of unbranched alkanes of at least 4 members (excludes halogenated alkanes) is 1. The van der Waals surface area contributed by atoms with Crippen molar-refractivity contribution in [2.75, 3.05) is 13.2 Å². The van der Waals surface area contributed by atoms with Crippen LogP contribution in [0.4, 0.5) is 0 Å². The SMILES string of the molecule is CCCCN1C(=O)C(=O)/C(=C(\O)c2ccc(OCC)c(C(C)C)c2)C1c1ccc(CC)cc1. The van der Waals surface area contributed by atoms with Crippen molar-refractivity contribution in [1.82, 2.24) is 4.90 Å². The molecule has 2 aromatic carbocycles. The smallest absolute Gasteiger partial charge is 0.295 e. The quantitative estimate of drug-likeness (QED) is 0.290. The van der Waals surface area contributed by atoms with Gasteiger partial charge in [0.1, 0.15) is 11.5 Å². The van der Waals surface area contributed by atoms with E-state index in [0.29, 0.717) is 18.7 Å². The van der Waals surface area contributed by atoms with E-state index in [0.717, 1.165) is 36.1 Å². The molecule has 0 aromatic heterocycles. The molecule has 1 aliphatic heterocycles. The Hall–Kier alpha value is -3.08. The number of hydrogen-bond donors (Lipinski definition) is 1. The summed E-state index contributed by atoms with van der Waals surface area (Å²) < 4.78 is 5.74. The van der Waals surface area contributed by atoms with Crippen molar-refractivity contribution in [3.05, 3.63) is 70.3 Å². The molecule has 1 saturated heterocycles. The first kappa shape index (κ1) is 24.6. The van der Waals surface area contributed by atoms with Crippen LogP contribution in [0.3, 0.4) is 0 Å². The average Bonchev–Trinajstić information content (AvgIpc) is 3.07. The predicted octanol–water partition coefficient (Wildman–Crippen LogP) is 5.99. The highest BCUT2D eigenvalue weighted by Gasteiger charge is 2.45. The summed E-state index contributed by atoms with van der Waals surface area (Å²) in [5.74, 6) is -0.387. The zero-order valence-electron chi connectivity index (χ0n) is 20.4. The van der Waals surface area contributed by atoms with Gasteiger partial charge in [-0.2, -0.15) is 0 Å². The normalized spacial score (nSPS) is 17.8. The van der Waals surface area contributed by atoms with Gasteiger partial charge in [-0.1, -0.05) is 58.4 Å². The lowest BCUT2D eigenvalue weighted by Crippen LogP contribution is -2.30. The second-order valence-electron chi connectivity index (χ2n) is 8.78. The molecule has 1 unspecified atom stereocenters. The third-order valence-corrected chi connectivity index (χ3v) is 6.20. The molecule has 0 spiro atoms. The van der Waals surface area contributed by atoms with Gasteiger partial charge in [-0.15, -0.1) is 0 Å². The molecule has 33 heavy (non-hydrogen) atoms. The highest BCUT2D eigenvalue weighted by Crippen LogP contribution is 2.40. The molecule has 2 aromatic rings. The number of likely N-dealkylation sites (tertiary alicyclic amines) is 1. The summed E-state index contributed by atoms with van der Waals surface area (Å²) in [6.45, 7) is 11.2. The third-order valence-electron chi connectivity index (χ3n) is 6.20. The van der Waals surface area contributed by atoms with Crippen molar-refractivity contribution in [1.29, 1.82) is 0 Å². The fourth-order valence-electron chi connectivity index (χ4n) is 4.31. The number of aliphatic hydroxyl groups excluding tert-OH is 1. The number of ether oxygens (including phenoxy) is 1. The Kier molecular flexibility index (Phi) is 7.96. The summed E-state index contributed by atoms with van der Waals surface area (Å²) in [7, 11) is 0. The number of carbonyl (C=O) groups is 2. The number of aliphatic hydroxyl groups is 1. The number of nitrogens with zero attached hydrogens (tertiary/aromatic N) is 1. The molecule has 5 nitrogen and oxygen atoms in total. The third kappa shape index (κ3) is 4.97. The molecule has 176 valence electrons. The maximum absolute atomic E-state index is 13.2. The molecule has 1 N–H and O–H groups in total. The summed E-state index contributed by atoms with van der Waals surface area (Å²) in [5.41, 5.74) is 3.63. The van der Waals surface area contributed by atoms with Crippen molar-refractivity contribution in [3.8, 4) is 5.75 Å². The van der Waals surface area contributed by atoms with Crippen LogP contribution in [0.1, 0.15) is 81.7 Å². The van der Waals surface area contributed by atoms with Gasteiger partial charge >= 0.3 is 0 Å². The van der Waals surface area contributed by atoms with Gasteiger partial charge in [0.05, 0.1) is 18.2 Å². The summed E-state index contributed by atoms with van der Waals surface area (Å²) in [5, 5.41) is 11.4. The lowest BCUT2D eigenvalue weighted by atomic mass is 9.92. The topological polar surface area (TPSA) is 66.8 Å². The van der Waals surface area contributed by atoms with E-state index in [-0.39, 0.29) is 17.3 Å². The summed E-state index contributed by atoms with van der Waals surface area (Å²) in [6.07, 6.45) is 2.60. The second kappa shape index (κ2) is 10.7. The molecule has 3 rings (SSSR count). The van der Waals surface area contributed by atoms with E-state index in [1.807, 2.05) is 43.3 Å². The van der Waals surface area contributed by atoms with E-state index >= 15 is 0 Å². The van der Waals surface area contributed by atoms with Crippen molar-refractivity contribution in [2.45, 2.75) is 65.8 Å². The Labute approximate surface area is 197 Å². The first-order valence-electron chi connectivity index (χ1n) is 12.0. The minimum atomic E-state index is -0.631. The number of ketones is 1. The first-order valence-corrected chi connectivity index (χ1v) is 12.0. The molecule has 1 amide bonds. The van der Waals surface area contributed by atoms with E-state index in [2.05, 4.69) is 27.7 Å². The summed E-state index contributed by atoms with van der Waals surface area (Å²) in [6, 6.07) is 12.8. The van der Waals surface area contributed by atoms with Crippen LogP contribution in [0.2, 0.25) is 0 Å². The second-order valence-corrected chi connectivity index (χ2v) is 8.78. The zero-order chi connectivity index (χ0) is 24.1. The van der Waals surface area contributed by atoms with E-state index in [4.69, 9.17) is 4.74 Å². The molecule has 5 heteroatoms. The first-order chi connectivity index (χ1) is 15.8. The number of Topliss-reactive ketones (excluding diaryl/α,β-unsaturated/α-hetero) is 1. The standard InChI is InChI=1S/C28H35NO4/c1-6-9-16-29-25(20-12-10-19(7-2)11-13-20)24(27(31)28(29)32)26(30)21-14-15-23(33-8-3)22(17-21)18(4)5/h10-15,17-18,25,30H,6-9,16H2,1-5H3/b26-24-. The van der Waals surface area contributed by atoms with Gasteiger partial charge in [-0.05, 0) is 60.6 Å². The van der Waals surface area contributed by atoms with Gasteiger partial charge in [0.25, 0.3) is 11.7 Å². The largest absolute Gasteiger partial charge is 0.507 e. The number of rotatable bonds is 9. The number of amides is 1. The van der Waals surface area contributed by atoms with Gasteiger partial charge in [-0.3, -0.25) is 9.59 Å². The highest BCUT2D eigenvalue weighted by atomic mass is 16.5. The maximum Gasteiger partial charge on any atom is 0.295 e. The lowest BCUT2D eigenvalue weighted by molar-refractivity contribution is -0.139. The Bertz CT molecular complexity index is 1040. The molecule has 0 radical (unpaired) electrons. The van der Waals surface area contributed by atoms with Gasteiger partial charge in [0, 0.05) is 12.1 Å². The molecular formula is C28H35NO4. The summed E-state index contributed by atoms with van der Waals surface area (Å²) in [4.78, 5) is 27.8. The van der Waals surface area contributed by atoms with Crippen LogP contribution in [-0.2, 0) is 16.0 Å². The van der Waals surface area contributed by atoms with Crippen molar-refractivity contribution in [2.24, 2.45) is 0 Å². The number of hydrogen-bond acceptors (Lipinski definition) is 4. The van der Waals surface area contributed by atoms with Crippen molar-refractivity contribution >= 4 is 17.4 Å². The van der Waals surface area contributed by atoms with E-state index < -0.39 is 17.7 Å². The average molecular weight is 450 g/mol. The van der Waals surface area contributed by atoms with Crippen LogP contribution in [0.5, 0.6) is 5.75 Å². The van der Waals surface area contributed by atoms with E-state index in [1.165, 1.54) is 5.56 Å². The number of aryl methyl sites for hydroxylation is 1. The maximum atomic E-state index is 13.2. The van der Waals surface area contributed by atoms with Crippen LogP contribution in [0.15, 0.2) is 48.0 Å². The van der Waals surface area contributed by atoms with Gasteiger partial charge in [0.15, 0.2) is 0 Å². The lowest BCUT2D eigenvalue weighted by Gasteiger charge is -2.25. The molecule has 1 heterocycles. The van der Waals surface area contributed by atoms with Crippen molar-refractivity contribution < 1.29 is 19.4 Å². The van der Waals surface area contributed by atoms with Crippen LogP contribution in [0, 0.1) is 0 Å². The number of carbonyl (C=O) groups excluding carboxylic acids is 2. The van der Waals surface area contributed by atoms with Crippen LogP contribution in [0.25, 0.3) is 5.76 Å². The summed E-state index contributed by atoms with van der Waals surface area (Å²) >= 11 is 0. The fourth-order valence-corrected chi connectivity index (χ4v) is 4.31. The minimum absolute atomic E-state index is 0.137. The van der Waals surface area contributed by atoms with Crippen molar-refractivity contribution in [3.63, 3.8) is 0 Å². The molecule has 0 bridgehead atoms. The molecule has 1 fully saturated rings. The van der Waals surface area contributed by atoms with Crippen LogP contribution in [-0.4, -0.2) is 34.8 Å². The van der Waals surface area contributed by atoms with Gasteiger partial charge in [0.2, 0.25) is 0 Å². The van der Waals surface area contributed by atoms with E-state index in [1.54, 1.807) is 11.0 Å². The van der Waals surface area contributed by atoms with Gasteiger partial charge < -0.3 is 14.7 Å². The Morgan fingerprint density at radius 1 is 1.06 bits per heavy atom. The van der Waals surface area contributed by atoms with Crippen LogP contribution >= 0.6 is 0 Å². The number of benzene rings is 2.